The maximum atomic E-state index is 12.3. The lowest BCUT2D eigenvalue weighted by atomic mass is 9.97. The van der Waals surface area contributed by atoms with E-state index in [1.165, 1.54) is 17.6 Å². The molecule has 0 unspecified atom stereocenters. The SMILES string of the molecule is CS(=O)(=O)N1CCC[C@@]12CCN(C(=O)c1cscn1)C2. The van der Waals surface area contributed by atoms with Gasteiger partial charge in [-0.25, -0.2) is 13.4 Å². The fraction of sp³-hybridized carbons (Fsp3) is 0.667. The van der Waals surface area contributed by atoms with Gasteiger partial charge < -0.3 is 4.90 Å². The zero-order valence-corrected chi connectivity index (χ0v) is 12.9. The van der Waals surface area contributed by atoms with Crippen molar-refractivity contribution in [3.05, 3.63) is 16.6 Å². The van der Waals surface area contributed by atoms with Crippen LogP contribution in [0.5, 0.6) is 0 Å². The quantitative estimate of drug-likeness (QED) is 0.809. The van der Waals surface area contributed by atoms with Crippen LogP contribution in [0.3, 0.4) is 0 Å². The van der Waals surface area contributed by atoms with Crippen LogP contribution >= 0.6 is 11.3 Å². The predicted octanol–water partition coefficient (Wildman–Crippen LogP) is 0.783. The van der Waals surface area contributed by atoms with Crippen LogP contribution in [0.25, 0.3) is 0 Å². The lowest BCUT2D eigenvalue weighted by molar-refractivity contribution is 0.0767. The largest absolute Gasteiger partial charge is 0.335 e. The number of sulfonamides is 1. The molecule has 1 atom stereocenters. The van der Waals surface area contributed by atoms with Crippen molar-refractivity contribution >= 4 is 27.3 Å². The van der Waals surface area contributed by atoms with Gasteiger partial charge in [0, 0.05) is 25.0 Å². The molecule has 3 heterocycles. The van der Waals surface area contributed by atoms with E-state index in [2.05, 4.69) is 4.98 Å². The molecule has 2 saturated heterocycles. The van der Waals surface area contributed by atoms with Gasteiger partial charge in [-0.05, 0) is 19.3 Å². The normalized spacial score (nSPS) is 27.6. The van der Waals surface area contributed by atoms with Gasteiger partial charge in [0.15, 0.2) is 0 Å². The average molecular weight is 315 g/mol. The first-order valence-corrected chi connectivity index (χ1v) is 9.37. The fourth-order valence-corrected chi connectivity index (χ4v) is 5.28. The molecule has 0 bridgehead atoms. The van der Waals surface area contributed by atoms with Crippen molar-refractivity contribution in [1.82, 2.24) is 14.2 Å². The molecular formula is C12H17N3O3S2. The fourth-order valence-electron chi connectivity index (χ4n) is 3.35. The average Bonchev–Trinajstić information content (AvgIpc) is 3.09. The Morgan fingerprint density at radius 2 is 2.20 bits per heavy atom. The zero-order valence-electron chi connectivity index (χ0n) is 11.3. The molecule has 0 aliphatic carbocycles. The standard InChI is InChI=1S/C12H17N3O3S2/c1-20(17,18)15-5-2-3-12(15)4-6-14(8-12)11(16)10-7-19-9-13-10/h7,9H,2-6,8H2,1H3/t12-/m0/s1. The summed E-state index contributed by atoms with van der Waals surface area (Å²) in [6, 6.07) is 0. The first-order valence-electron chi connectivity index (χ1n) is 6.58. The molecule has 3 rings (SSSR count). The summed E-state index contributed by atoms with van der Waals surface area (Å²) in [6.07, 6.45) is 3.67. The highest BCUT2D eigenvalue weighted by molar-refractivity contribution is 7.88. The van der Waals surface area contributed by atoms with Crippen LogP contribution in [0.2, 0.25) is 0 Å². The molecule has 110 valence electrons. The third-order valence-corrected chi connectivity index (χ3v) is 6.16. The molecule has 0 aromatic carbocycles. The Morgan fingerprint density at radius 3 is 2.85 bits per heavy atom. The van der Waals surface area contributed by atoms with E-state index in [4.69, 9.17) is 0 Å². The van der Waals surface area contributed by atoms with E-state index in [1.807, 2.05) is 0 Å². The van der Waals surface area contributed by atoms with Gasteiger partial charge in [0.25, 0.3) is 5.91 Å². The predicted molar refractivity (Wildman–Crippen MR) is 76.1 cm³/mol. The van der Waals surface area contributed by atoms with Crippen LogP contribution in [-0.2, 0) is 10.0 Å². The van der Waals surface area contributed by atoms with Crippen molar-refractivity contribution in [2.24, 2.45) is 0 Å². The van der Waals surface area contributed by atoms with E-state index >= 15 is 0 Å². The van der Waals surface area contributed by atoms with Crippen molar-refractivity contribution < 1.29 is 13.2 Å². The number of nitrogens with zero attached hydrogens (tertiary/aromatic N) is 3. The number of thiazole rings is 1. The number of rotatable bonds is 2. The maximum absolute atomic E-state index is 12.3. The Hall–Kier alpha value is -0.990. The molecule has 1 aromatic rings. The lowest BCUT2D eigenvalue weighted by Crippen LogP contribution is -2.49. The molecule has 1 amide bonds. The summed E-state index contributed by atoms with van der Waals surface area (Å²) in [4.78, 5) is 18.1. The van der Waals surface area contributed by atoms with Gasteiger partial charge in [-0.1, -0.05) is 0 Å². The van der Waals surface area contributed by atoms with Gasteiger partial charge in [0.1, 0.15) is 5.69 Å². The monoisotopic (exact) mass is 315 g/mol. The van der Waals surface area contributed by atoms with E-state index in [1.54, 1.807) is 20.1 Å². The van der Waals surface area contributed by atoms with Crippen molar-refractivity contribution in [1.29, 1.82) is 0 Å². The topological polar surface area (TPSA) is 70.6 Å². The van der Waals surface area contributed by atoms with Crippen LogP contribution in [0.4, 0.5) is 0 Å². The Morgan fingerprint density at radius 1 is 1.40 bits per heavy atom. The highest BCUT2D eigenvalue weighted by Gasteiger charge is 2.50. The van der Waals surface area contributed by atoms with Gasteiger partial charge in [-0.15, -0.1) is 11.3 Å². The van der Waals surface area contributed by atoms with Gasteiger partial charge in [-0.3, -0.25) is 4.79 Å². The molecule has 1 aromatic heterocycles. The number of aromatic nitrogens is 1. The Labute approximate surface area is 122 Å². The first-order chi connectivity index (χ1) is 9.42. The van der Waals surface area contributed by atoms with E-state index in [-0.39, 0.29) is 11.4 Å². The number of amides is 1. The minimum absolute atomic E-state index is 0.0940. The molecule has 0 N–H and O–H groups in total. The van der Waals surface area contributed by atoms with Crippen LogP contribution in [0.15, 0.2) is 10.9 Å². The number of carbonyl (C=O) groups is 1. The number of hydrogen-bond donors (Lipinski definition) is 0. The van der Waals surface area contributed by atoms with Crippen molar-refractivity contribution in [3.8, 4) is 0 Å². The van der Waals surface area contributed by atoms with Gasteiger partial charge >= 0.3 is 0 Å². The Bertz CT molecular complexity index is 614. The van der Waals surface area contributed by atoms with Crippen LogP contribution in [0, 0.1) is 0 Å². The Kier molecular flexibility index (Phi) is 3.34. The molecule has 2 aliphatic heterocycles. The molecule has 8 heteroatoms. The third-order valence-electron chi connectivity index (χ3n) is 4.20. The summed E-state index contributed by atoms with van der Waals surface area (Å²) in [6.45, 7) is 1.65. The molecule has 0 saturated carbocycles. The van der Waals surface area contributed by atoms with Crippen molar-refractivity contribution in [2.45, 2.75) is 24.8 Å². The number of carbonyl (C=O) groups excluding carboxylic acids is 1. The van der Waals surface area contributed by atoms with E-state index in [0.29, 0.717) is 25.3 Å². The molecular weight excluding hydrogens is 298 g/mol. The summed E-state index contributed by atoms with van der Waals surface area (Å²) >= 11 is 1.39. The van der Waals surface area contributed by atoms with Gasteiger partial charge in [0.05, 0.1) is 17.3 Å². The second-order valence-corrected chi connectivity index (χ2v) is 8.14. The summed E-state index contributed by atoms with van der Waals surface area (Å²) in [7, 11) is -3.22. The summed E-state index contributed by atoms with van der Waals surface area (Å²) in [5.41, 5.74) is 1.70. The lowest BCUT2D eigenvalue weighted by Gasteiger charge is -2.32. The van der Waals surface area contributed by atoms with Crippen LogP contribution in [0.1, 0.15) is 29.8 Å². The van der Waals surface area contributed by atoms with Crippen molar-refractivity contribution in [2.75, 3.05) is 25.9 Å². The molecule has 1 spiro atoms. The molecule has 2 fully saturated rings. The third kappa shape index (κ3) is 2.25. The number of likely N-dealkylation sites (tertiary alicyclic amines) is 1. The molecule has 6 nitrogen and oxygen atoms in total. The minimum Gasteiger partial charge on any atom is -0.335 e. The molecule has 2 aliphatic rings. The van der Waals surface area contributed by atoms with Crippen LogP contribution in [-0.4, -0.2) is 59.9 Å². The van der Waals surface area contributed by atoms with Crippen molar-refractivity contribution in [3.63, 3.8) is 0 Å². The van der Waals surface area contributed by atoms with E-state index < -0.39 is 10.0 Å². The molecule has 0 radical (unpaired) electrons. The Balaban J connectivity index is 1.81. The number of hydrogen-bond acceptors (Lipinski definition) is 5. The minimum atomic E-state index is -3.22. The van der Waals surface area contributed by atoms with Gasteiger partial charge in [-0.2, -0.15) is 4.31 Å². The summed E-state index contributed by atoms with van der Waals surface area (Å²) in [5.74, 6) is -0.0940. The zero-order chi connectivity index (χ0) is 14.4. The van der Waals surface area contributed by atoms with Crippen LogP contribution < -0.4 is 0 Å². The van der Waals surface area contributed by atoms with Gasteiger partial charge in [0.2, 0.25) is 10.0 Å². The van der Waals surface area contributed by atoms with E-state index in [0.717, 1.165) is 19.3 Å². The summed E-state index contributed by atoms with van der Waals surface area (Å²) in [5, 5.41) is 1.73. The highest BCUT2D eigenvalue weighted by Crippen LogP contribution is 2.39. The smallest absolute Gasteiger partial charge is 0.273 e. The van der Waals surface area contributed by atoms with E-state index in [9.17, 15) is 13.2 Å². The molecule has 20 heavy (non-hydrogen) atoms. The highest BCUT2D eigenvalue weighted by atomic mass is 32.2. The first kappa shape index (κ1) is 14.0. The maximum Gasteiger partial charge on any atom is 0.273 e. The summed E-state index contributed by atoms with van der Waals surface area (Å²) < 4.78 is 25.4. The second-order valence-electron chi connectivity index (χ2n) is 5.51. The second kappa shape index (κ2) is 4.78.